The van der Waals surface area contributed by atoms with E-state index in [1.54, 1.807) is 17.8 Å². The molecule has 1 atom stereocenters. The number of hydrogen-bond donors (Lipinski definition) is 2. The second kappa shape index (κ2) is 3.55. The molecular weight excluding hydrogens is 189 g/mol. The molecule has 0 aliphatic carbocycles. The maximum absolute atomic E-state index is 12.9. The molecule has 1 aromatic carbocycles. The highest BCUT2D eigenvalue weighted by Crippen LogP contribution is 2.31. The van der Waals surface area contributed by atoms with Gasteiger partial charge in [-0.2, -0.15) is 0 Å². The van der Waals surface area contributed by atoms with Gasteiger partial charge in [0, 0.05) is 18.4 Å². The maximum Gasteiger partial charge on any atom is 0.127 e. The molecule has 0 radical (unpaired) electrons. The first-order valence-electron chi connectivity index (χ1n) is 4.10. The molecule has 1 aliphatic heterocycles. The number of rotatable bonds is 1. The minimum atomic E-state index is -0.385. The molecule has 0 amide bonds. The van der Waals surface area contributed by atoms with E-state index in [2.05, 4.69) is 5.32 Å². The summed E-state index contributed by atoms with van der Waals surface area (Å²) in [5.41, 5.74) is 0.806. The molecule has 1 fully saturated rings. The van der Waals surface area contributed by atoms with Gasteiger partial charge in [-0.15, -0.1) is 11.8 Å². The summed E-state index contributed by atoms with van der Waals surface area (Å²) in [5.74, 6) is 0.635. The normalized spacial score (nSPS) is 22.1. The average molecular weight is 199 g/mol. The van der Waals surface area contributed by atoms with Crippen LogP contribution in [0.4, 0.5) is 4.39 Å². The number of benzene rings is 1. The lowest BCUT2D eigenvalue weighted by atomic mass is 10.2. The van der Waals surface area contributed by atoms with E-state index >= 15 is 0 Å². The van der Waals surface area contributed by atoms with Crippen LogP contribution in [0.25, 0.3) is 0 Å². The molecule has 2 nitrogen and oxygen atoms in total. The highest BCUT2D eigenvalue weighted by atomic mass is 32.2. The Hall–Kier alpha value is -0.740. The van der Waals surface area contributed by atoms with Gasteiger partial charge in [0.1, 0.15) is 11.6 Å². The Balaban J connectivity index is 2.28. The van der Waals surface area contributed by atoms with Crippen LogP contribution in [0.2, 0.25) is 0 Å². The molecule has 1 unspecified atom stereocenters. The summed E-state index contributed by atoms with van der Waals surface area (Å²) in [6.45, 7) is 0.937. The van der Waals surface area contributed by atoms with E-state index in [1.807, 2.05) is 0 Å². The molecule has 1 aliphatic rings. The molecule has 2 N–H and O–H groups in total. The molecular formula is C9H10FNOS. The van der Waals surface area contributed by atoms with E-state index in [9.17, 15) is 9.50 Å². The second-order valence-electron chi connectivity index (χ2n) is 2.95. The third-order valence-corrected chi connectivity index (χ3v) is 3.14. The summed E-state index contributed by atoms with van der Waals surface area (Å²) >= 11 is 1.72. The molecule has 0 saturated carbocycles. The number of phenols is 1. The van der Waals surface area contributed by atoms with Gasteiger partial charge in [-0.1, -0.05) is 0 Å². The topological polar surface area (TPSA) is 32.3 Å². The Morgan fingerprint density at radius 1 is 1.46 bits per heavy atom. The van der Waals surface area contributed by atoms with Crippen molar-refractivity contribution >= 4 is 11.8 Å². The van der Waals surface area contributed by atoms with Crippen molar-refractivity contribution in [3.8, 4) is 5.75 Å². The number of halogens is 1. The lowest BCUT2D eigenvalue weighted by Gasteiger charge is -2.09. The van der Waals surface area contributed by atoms with Crippen molar-refractivity contribution in [2.75, 3.05) is 12.3 Å². The summed E-state index contributed by atoms with van der Waals surface area (Å²) in [4.78, 5) is 0. The molecule has 1 aromatic rings. The number of aromatic hydroxyl groups is 1. The fourth-order valence-corrected chi connectivity index (χ4v) is 2.42. The van der Waals surface area contributed by atoms with Gasteiger partial charge in [-0.05, 0) is 17.7 Å². The van der Waals surface area contributed by atoms with Gasteiger partial charge in [0.25, 0.3) is 0 Å². The van der Waals surface area contributed by atoms with Gasteiger partial charge in [0.2, 0.25) is 0 Å². The Labute approximate surface area is 80.2 Å². The SMILES string of the molecule is Oc1cc(F)cc(C2NCCS2)c1. The van der Waals surface area contributed by atoms with E-state index in [-0.39, 0.29) is 16.9 Å². The zero-order chi connectivity index (χ0) is 9.26. The van der Waals surface area contributed by atoms with Crippen molar-refractivity contribution < 1.29 is 9.50 Å². The van der Waals surface area contributed by atoms with E-state index in [4.69, 9.17) is 0 Å². The molecule has 0 aromatic heterocycles. The monoisotopic (exact) mass is 199 g/mol. The van der Waals surface area contributed by atoms with Crippen LogP contribution < -0.4 is 5.32 Å². The van der Waals surface area contributed by atoms with Crippen LogP contribution in [-0.4, -0.2) is 17.4 Å². The van der Waals surface area contributed by atoms with Crippen LogP contribution in [0.15, 0.2) is 18.2 Å². The second-order valence-corrected chi connectivity index (χ2v) is 4.16. The molecule has 4 heteroatoms. The summed E-state index contributed by atoms with van der Waals surface area (Å²) < 4.78 is 12.9. The molecule has 2 rings (SSSR count). The molecule has 13 heavy (non-hydrogen) atoms. The number of hydrogen-bond acceptors (Lipinski definition) is 3. The van der Waals surface area contributed by atoms with Crippen LogP contribution in [-0.2, 0) is 0 Å². The van der Waals surface area contributed by atoms with Gasteiger partial charge in [-0.3, -0.25) is 0 Å². The Morgan fingerprint density at radius 2 is 2.31 bits per heavy atom. The highest BCUT2D eigenvalue weighted by Gasteiger charge is 2.17. The smallest absolute Gasteiger partial charge is 0.127 e. The van der Waals surface area contributed by atoms with E-state index in [0.29, 0.717) is 0 Å². The van der Waals surface area contributed by atoms with Gasteiger partial charge in [0.05, 0.1) is 5.37 Å². The van der Waals surface area contributed by atoms with Crippen LogP contribution in [0.5, 0.6) is 5.75 Å². The zero-order valence-electron chi connectivity index (χ0n) is 6.96. The highest BCUT2D eigenvalue weighted by molar-refractivity contribution is 7.99. The fourth-order valence-electron chi connectivity index (χ4n) is 1.39. The molecule has 1 heterocycles. The lowest BCUT2D eigenvalue weighted by molar-refractivity contribution is 0.467. The predicted molar refractivity (Wildman–Crippen MR) is 51.3 cm³/mol. The van der Waals surface area contributed by atoms with Crippen LogP contribution in [0, 0.1) is 5.82 Å². The van der Waals surface area contributed by atoms with Crippen molar-refractivity contribution in [3.63, 3.8) is 0 Å². The van der Waals surface area contributed by atoms with Crippen molar-refractivity contribution in [3.05, 3.63) is 29.6 Å². The van der Waals surface area contributed by atoms with Gasteiger partial charge in [0.15, 0.2) is 0 Å². The van der Waals surface area contributed by atoms with Crippen molar-refractivity contribution in [2.24, 2.45) is 0 Å². The van der Waals surface area contributed by atoms with E-state index < -0.39 is 0 Å². The maximum atomic E-state index is 12.9. The van der Waals surface area contributed by atoms with Gasteiger partial charge >= 0.3 is 0 Å². The standard InChI is InChI=1S/C9H10FNOS/c10-7-3-6(4-8(12)5-7)9-11-1-2-13-9/h3-5,9,11-12H,1-2H2. The predicted octanol–water partition coefficient (Wildman–Crippen LogP) is 1.87. The van der Waals surface area contributed by atoms with Crippen molar-refractivity contribution in [1.29, 1.82) is 0 Å². The zero-order valence-corrected chi connectivity index (χ0v) is 7.77. The summed E-state index contributed by atoms with van der Waals surface area (Å²) in [6.07, 6.45) is 0. The van der Waals surface area contributed by atoms with E-state index in [0.717, 1.165) is 23.9 Å². The summed E-state index contributed by atoms with van der Waals surface area (Å²) in [5, 5.41) is 12.5. The Kier molecular flexibility index (Phi) is 2.42. The third kappa shape index (κ3) is 1.95. The van der Waals surface area contributed by atoms with Crippen LogP contribution in [0.1, 0.15) is 10.9 Å². The first kappa shape index (κ1) is 8.84. The fraction of sp³-hybridized carbons (Fsp3) is 0.333. The first-order valence-corrected chi connectivity index (χ1v) is 5.15. The van der Waals surface area contributed by atoms with Crippen molar-refractivity contribution in [2.45, 2.75) is 5.37 Å². The molecule has 1 saturated heterocycles. The number of phenolic OH excluding ortho intramolecular Hbond substituents is 1. The van der Waals surface area contributed by atoms with E-state index in [1.165, 1.54) is 6.07 Å². The van der Waals surface area contributed by atoms with Crippen LogP contribution >= 0.6 is 11.8 Å². The Morgan fingerprint density at radius 3 is 2.92 bits per heavy atom. The minimum Gasteiger partial charge on any atom is -0.508 e. The quantitative estimate of drug-likeness (QED) is 0.724. The molecule has 0 spiro atoms. The van der Waals surface area contributed by atoms with Gasteiger partial charge < -0.3 is 10.4 Å². The van der Waals surface area contributed by atoms with Gasteiger partial charge in [-0.25, -0.2) is 4.39 Å². The number of nitrogens with one attached hydrogen (secondary N) is 1. The minimum absolute atomic E-state index is 0.00991. The molecule has 0 bridgehead atoms. The Bertz CT molecular complexity index is 292. The average Bonchev–Trinajstić information content (AvgIpc) is 2.53. The third-order valence-electron chi connectivity index (χ3n) is 1.92. The molecule has 70 valence electrons. The first-order chi connectivity index (χ1) is 6.25. The number of thioether (sulfide) groups is 1. The summed E-state index contributed by atoms with van der Waals surface area (Å²) in [7, 11) is 0. The summed E-state index contributed by atoms with van der Waals surface area (Å²) in [6, 6.07) is 4.16. The largest absolute Gasteiger partial charge is 0.508 e. The lowest BCUT2D eigenvalue weighted by Crippen LogP contribution is -2.12. The van der Waals surface area contributed by atoms with Crippen molar-refractivity contribution in [1.82, 2.24) is 5.32 Å². The van der Waals surface area contributed by atoms with Crippen LogP contribution in [0.3, 0.4) is 0 Å².